The van der Waals surface area contributed by atoms with Crippen LogP contribution in [-0.2, 0) is 4.74 Å². The summed E-state index contributed by atoms with van der Waals surface area (Å²) in [6, 6.07) is 2.19. The number of ether oxygens (including phenoxy) is 1. The molecule has 1 N–H and O–H groups in total. The lowest BCUT2D eigenvalue weighted by Crippen LogP contribution is -2.38. The highest BCUT2D eigenvalue weighted by atomic mass is 35.5. The molecule has 1 fully saturated rings. The molecule has 0 radical (unpaired) electrons. The minimum absolute atomic E-state index is 0.356. The molecule has 112 valence electrons. The van der Waals surface area contributed by atoms with E-state index in [0.29, 0.717) is 29.0 Å². The van der Waals surface area contributed by atoms with Crippen molar-refractivity contribution in [2.45, 2.75) is 58.6 Å². The molecule has 0 amide bonds. The second-order valence-corrected chi connectivity index (χ2v) is 5.86. The van der Waals surface area contributed by atoms with E-state index in [-0.39, 0.29) is 0 Å². The standard InChI is InChI=1S/C15H24ClN3O/c1-4-11(5-2)13-8-12(6-7-20-13)19-15-9-14(16)17-10(3)18-15/h9,11-13H,4-8H2,1-3H3,(H,17,18,19). The van der Waals surface area contributed by atoms with Crippen molar-refractivity contribution < 1.29 is 4.74 Å². The molecule has 5 heteroatoms. The second kappa shape index (κ2) is 7.23. The maximum Gasteiger partial charge on any atom is 0.134 e. The van der Waals surface area contributed by atoms with E-state index in [2.05, 4.69) is 29.1 Å². The predicted molar refractivity (Wildman–Crippen MR) is 82.2 cm³/mol. The molecular formula is C15H24ClN3O. The van der Waals surface area contributed by atoms with Crippen molar-refractivity contribution in [2.75, 3.05) is 11.9 Å². The molecule has 1 aliphatic heterocycles. The third kappa shape index (κ3) is 4.06. The summed E-state index contributed by atoms with van der Waals surface area (Å²) in [4.78, 5) is 8.48. The molecular weight excluding hydrogens is 274 g/mol. The van der Waals surface area contributed by atoms with Crippen LogP contribution in [-0.4, -0.2) is 28.7 Å². The molecule has 0 spiro atoms. The molecule has 0 aromatic carbocycles. The lowest BCUT2D eigenvalue weighted by atomic mass is 9.89. The number of anilines is 1. The van der Waals surface area contributed by atoms with Crippen LogP contribution in [0.2, 0.25) is 5.15 Å². The molecule has 1 saturated heterocycles. The Balaban J connectivity index is 1.98. The van der Waals surface area contributed by atoms with Crippen LogP contribution >= 0.6 is 11.6 Å². The normalized spacial score (nSPS) is 23.1. The van der Waals surface area contributed by atoms with Crippen molar-refractivity contribution in [3.05, 3.63) is 17.0 Å². The van der Waals surface area contributed by atoms with Gasteiger partial charge in [-0.1, -0.05) is 38.3 Å². The number of halogens is 1. The summed E-state index contributed by atoms with van der Waals surface area (Å²) in [5.41, 5.74) is 0. The van der Waals surface area contributed by atoms with Gasteiger partial charge in [0.05, 0.1) is 6.10 Å². The molecule has 1 aliphatic rings. The number of aryl methyl sites for hydroxylation is 1. The molecule has 2 rings (SSSR count). The van der Waals surface area contributed by atoms with Crippen molar-refractivity contribution in [1.29, 1.82) is 0 Å². The molecule has 1 aromatic rings. The number of hydrogen-bond acceptors (Lipinski definition) is 4. The number of rotatable bonds is 5. The molecule has 20 heavy (non-hydrogen) atoms. The van der Waals surface area contributed by atoms with E-state index in [1.807, 2.05) is 6.92 Å². The summed E-state index contributed by atoms with van der Waals surface area (Å²) in [6.45, 7) is 7.15. The summed E-state index contributed by atoms with van der Waals surface area (Å²) in [6.07, 6.45) is 4.75. The van der Waals surface area contributed by atoms with Gasteiger partial charge in [-0.25, -0.2) is 9.97 Å². The molecule has 2 atom stereocenters. The minimum atomic E-state index is 0.356. The van der Waals surface area contributed by atoms with E-state index >= 15 is 0 Å². The van der Waals surface area contributed by atoms with E-state index in [4.69, 9.17) is 16.3 Å². The Kier molecular flexibility index (Phi) is 5.61. The zero-order chi connectivity index (χ0) is 14.5. The van der Waals surface area contributed by atoms with Gasteiger partial charge in [-0.3, -0.25) is 0 Å². The van der Waals surface area contributed by atoms with Gasteiger partial charge in [-0.2, -0.15) is 0 Å². The summed E-state index contributed by atoms with van der Waals surface area (Å²) < 4.78 is 5.94. The predicted octanol–water partition coefficient (Wildman–Crippen LogP) is 3.83. The smallest absolute Gasteiger partial charge is 0.134 e. The first-order chi connectivity index (χ1) is 9.62. The third-order valence-corrected chi connectivity index (χ3v) is 4.24. The van der Waals surface area contributed by atoms with Crippen LogP contribution in [0.4, 0.5) is 5.82 Å². The Morgan fingerprint density at radius 2 is 2.15 bits per heavy atom. The SMILES string of the molecule is CCC(CC)C1CC(Nc2cc(Cl)nc(C)n2)CCO1. The van der Waals surface area contributed by atoms with Crippen LogP contribution < -0.4 is 5.32 Å². The fourth-order valence-corrected chi connectivity index (χ4v) is 3.14. The van der Waals surface area contributed by atoms with Gasteiger partial charge in [0.25, 0.3) is 0 Å². The Labute approximate surface area is 126 Å². The highest BCUT2D eigenvalue weighted by Crippen LogP contribution is 2.27. The average Bonchev–Trinajstić information content (AvgIpc) is 2.39. The van der Waals surface area contributed by atoms with Gasteiger partial charge in [0.1, 0.15) is 16.8 Å². The number of nitrogens with zero attached hydrogens (tertiary/aromatic N) is 2. The third-order valence-electron chi connectivity index (χ3n) is 4.05. The van der Waals surface area contributed by atoms with Gasteiger partial charge in [0.15, 0.2) is 0 Å². The highest BCUT2D eigenvalue weighted by molar-refractivity contribution is 6.29. The lowest BCUT2D eigenvalue weighted by Gasteiger charge is -2.34. The fourth-order valence-electron chi connectivity index (χ4n) is 2.92. The quantitative estimate of drug-likeness (QED) is 0.839. The van der Waals surface area contributed by atoms with Crippen molar-refractivity contribution in [3.8, 4) is 0 Å². The Hall–Kier alpha value is -0.870. The zero-order valence-corrected chi connectivity index (χ0v) is 13.3. The number of hydrogen-bond donors (Lipinski definition) is 1. The first-order valence-electron chi connectivity index (χ1n) is 7.51. The molecule has 0 saturated carbocycles. The topological polar surface area (TPSA) is 47.0 Å². The second-order valence-electron chi connectivity index (χ2n) is 5.47. The summed E-state index contributed by atoms with van der Waals surface area (Å²) in [7, 11) is 0. The van der Waals surface area contributed by atoms with Gasteiger partial charge in [-0.05, 0) is 25.7 Å². The summed E-state index contributed by atoms with van der Waals surface area (Å²) in [5, 5.41) is 3.97. The van der Waals surface area contributed by atoms with Gasteiger partial charge >= 0.3 is 0 Å². The Morgan fingerprint density at radius 3 is 2.80 bits per heavy atom. The maximum absolute atomic E-state index is 5.98. The first-order valence-corrected chi connectivity index (χ1v) is 7.89. The van der Waals surface area contributed by atoms with Gasteiger partial charge < -0.3 is 10.1 Å². The van der Waals surface area contributed by atoms with Crippen molar-refractivity contribution in [3.63, 3.8) is 0 Å². The molecule has 2 unspecified atom stereocenters. The number of aromatic nitrogens is 2. The van der Waals surface area contributed by atoms with Crippen LogP contribution in [0.25, 0.3) is 0 Å². The minimum Gasteiger partial charge on any atom is -0.378 e. The molecule has 1 aromatic heterocycles. The van der Waals surface area contributed by atoms with Crippen LogP contribution in [0.3, 0.4) is 0 Å². The van der Waals surface area contributed by atoms with E-state index < -0.39 is 0 Å². The summed E-state index contributed by atoms with van der Waals surface area (Å²) >= 11 is 5.98. The number of nitrogens with one attached hydrogen (secondary N) is 1. The van der Waals surface area contributed by atoms with Crippen LogP contribution in [0.1, 0.15) is 45.4 Å². The summed E-state index contributed by atoms with van der Waals surface area (Å²) in [5.74, 6) is 2.16. The van der Waals surface area contributed by atoms with E-state index in [9.17, 15) is 0 Å². The van der Waals surface area contributed by atoms with E-state index in [1.54, 1.807) is 6.07 Å². The van der Waals surface area contributed by atoms with E-state index in [1.165, 1.54) is 12.8 Å². The molecule has 0 bridgehead atoms. The first kappa shape index (κ1) is 15.5. The average molecular weight is 298 g/mol. The van der Waals surface area contributed by atoms with E-state index in [0.717, 1.165) is 25.3 Å². The van der Waals surface area contributed by atoms with Crippen LogP contribution in [0.5, 0.6) is 0 Å². The Morgan fingerprint density at radius 1 is 1.40 bits per heavy atom. The van der Waals surface area contributed by atoms with Gasteiger partial charge in [-0.15, -0.1) is 0 Å². The fraction of sp³-hybridized carbons (Fsp3) is 0.733. The zero-order valence-electron chi connectivity index (χ0n) is 12.5. The van der Waals surface area contributed by atoms with Crippen molar-refractivity contribution in [2.24, 2.45) is 5.92 Å². The van der Waals surface area contributed by atoms with Crippen molar-refractivity contribution >= 4 is 17.4 Å². The maximum atomic E-state index is 5.98. The van der Waals surface area contributed by atoms with Crippen molar-refractivity contribution in [1.82, 2.24) is 9.97 Å². The van der Waals surface area contributed by atoms with Gasteiger partial charge in [0, 0.05) is 18.7 Å². The van der Waals surface area contributed by atoms with Crippen LogP contribution in [0.15, 0.2) is 6.07 Å². The monoisotopic (exact) mass is 297 g/mol. The van der Waals surface area contributed by atoms with Crippen LogP contribution in [0, 0.1) is 12.8 Å². The molecule has 4 nitrogen and oxygen atoms in total. The Bertz CT molecular complexity index is 417. The lowest BCUT2D eigenvalue weighted by molar-refractivity contribution is -0.0271. The molecule has 2 heterocycles. The molecule has 0 aliphatic carbocycles. The van der Waals surface area contributed by atoms with Gasteiger partial charge in [0.2, 0.25) is 0 Å². The largest absolute Gasteiger partial charge is 0.378 e. The highest BCUT2D eigenvalue weighted by Gasteiger charge is 2.27.